The number of nitrogens with one attached hydrogen (secondary N) is 1. The van der Waals surface area contributed by atoms with E-state index in [4.69, 9.17) is 16.0 Å². The van der Waals surface area contributed by atoms with Gasteiger partial charge in [0.2, 0.25) is 0 Å². The minimum Gasteiger partial charge on any atom is -0.451 e. The van der Waals surface area contributed by atoms with Gasteiger partial charge in [-0.1, -0.05) is 23.7 Å². The minimum atomic E-state index is -0.602. The summed E-state index contributed by atoms with van der Waals surface area (Å²) in [5.41, 5.74) is 0.0477. The van der Waals surface area contributed by atoms with E-state index in [0.29, 0.717) is 11.0 Å². The molecule has 0 saturated carbocycles. The molecule has 6 nitrogen and oxygen atoms in total. The average Bonchev–Trinajstić information content (AvgIpc) is 2.47. The fourth-order valence-corrected chi connectivity index (χ4v) is 1.94. The van der Waals surface area contributed by atoms with Gasteiger partial charge in [-0.05, 0) is 12.1 Å². The molecule has 0 saturated heterocycles. The summed E-state index contributed by atoms with van der Waals surface area (Å²) in [4.78, 5) is 31.7. The fourth-order valence-electron chi connectivity index (χ4n) is 1.80. The van der Waals surface area contributed by atoms with Crippen molar-refractivity contribution in [3.63, 3.8) is 0 Å². The Morgan fingerprint density at radius 3 is 2.86 bits per heavy atom. The van der Waals surface area contributed by atoms with Gasteiger partial charge in [0.15, 0.2) is 17.0 Å². The molecule has 2 aromatic heterocycles. The molecule has 3 rings (SSSR count). The van der Waals surface area contributed by atoms with Gasteiger partial charge in [0.05, 0.1) is 17.8 Å². The molecule has 104 valence electrons. The van der Waals surface area contributed by atoms with Gasteiger partial charge in [-0.15, -0.1) is 0 Å². The zero-order valence-corrected chi connectivity index (χ0v) is 11.3. The van der Waals surface area contributed by atoms with Gasteiger partial charge in [-0.2, -0.15) is 0 Å². The lowest BCUT2D eigenvalue weighted by atomic mass is 10.2. The third kappa shape index (κ3) is 2.75. The number of carbonyl (C=O) groups excluding carboxylic acids is 1. The van der Waals surface area contributed by atoms with E-state index in [1.807, 2.05) is 0 Å². The molecule has 0 aliphatic rings. The normalized spacial score (nSPS) is 10.5. The number of nitrogens with zero attached hydrogens (tertiary/aromatic N) is 2. The molecule has 2 heterocycles. The van der Waals surface area contributed by atoms with Gasteiger partial charge in [-0.25, -0.2) is 4.98 Å². The Labute approximate surface area is 123 Å². The summed E-state index contributed by atoms with van der Waals surface area (Å²) in [5, 5.41) is 3.02. The SMILES string of the molecule is O=C(Nc1cncc(Cl)n1)c1cc(=O)c2ccccc2o1. The Morgan fingerprint density at radius 1 is 1.24 bits per heavy atom. The third-order valence-corrected chi connectivity index (χ3v) is 2.89. The Hall–Kier alpha value is -2.73. The largest absolute Gasteiger partial charge is 0.451 e. The van der Waals surface area contributed by atoms with Crippen LogP contribution in [0, 0.1) is 0 Å². The molecule has 3 aromatic rings. The minimum absolute atomic E-state index is 0.111. The standard InChI is InChI=1S/C14H8ClN3O3/c15-12-6-16-7-13(17-12)18-14(20)11-5-9(19)8-3-1-2-4-10(8)21-11/h1-7H,(H,17,18,20). The lowest BCUT2D eigenvalue weighted by molar-refractivity contribution is 0.0996. The van der Waals surface area contributed by atoms with E-state index < -0.39 is 5.91 Å². The van der Waals surface area contributed by atoms with Crippen LogP contribution in [0.25, 0.3) is 11.0 Å². The summed E-state index contributed by atoms with van der Waals surface area (Å²) in [7, 11) is 0. The van der Waals surface area contributed by atoms with Crippen LogP contribution in [-0.2, 0) is 0 Å². The van der Waals surface area contributed by atoms with Crippen molar-refractivity contribution in [2.24, 2.45) is 0 Å². The molecule has 1 N–H and O–H groups in total. The molecule has 21 heavy (non-hydrogen) atoms. The van der Waals surface area contributed by atoms with Gasteiger partial charge >= 0.3 is 0 Å². The van der Waals surface area contributed by atoms with Crippen molar-refractivity contribution >= 4 is 34.3 Å². The maximum Gasteiger partial charge on any atom is 0.292 e. The summed E-state index contributed by atoms with van der Waals surface area (Å²) in [6, 6.07) is 7.82. The van der Waals surface area contributed by atoms with Gasteiger partial charge in [0, 0.05) is 6.07 Å². The van der Waals surface area contributed by atoms with Crippen molar-refractivity contribution in [1.29, 1.82) is 0 Å². The second kappa shape index (κ2) is 5.34. The van der Waals surface area contributed by atoms with Crippen LogP contribution in [0.1, 0.15) is 10.6 Å². The van der Waals surface area contributed by atoms with Crippen LogP contribution in [0.4, 0.5) is 5.82 Å². The average molecular weight is 302 g/mol. The molecule has 1 amide bonds. The maximum atomic E-state index is 12.1. The first-order valence-electron chi connectivity index (χ1n) is 5.95. The summed E-state index contributed by atoms with van der Waals surface area (Å²) < 4.78 is 5.41. The van der Waals surface area contributed by atoms with E-state index >= 15 is 0 Å². The number of benzene rings is 1. The highest BCUT2D eigenvalue weighted by molar-refractivity contribution is 6.29. The summed E-state index contributed by atoms with van der Waals surface area (Å²) in [6.45, 7) is 0. The monoisotopic (exact) mass is 301 g/mol. The first-order valence-corrected chi connectivity index (χ1v) is 6.33. The van der Waals surface area contributed by atoms with Crippen molar-refractivity contribution < 1.29 is 9.21 Å². The Balaban J connectivity index is 1.96. The number of carbonyl (C=O) groups is 1. The predicted molar refractivity (Wildman–Crippen MR) is 77.5 cm³/mol. The number of rotatable bonds is 2. The lowest BCUT2D eigenvalue weighted by Crippen LogP contribution is -2.15. The second-order valence-corrected chi connectivity index (χ2v) is 4.54. The zero-order valence-electron chi connectivity index (χ0n) is 10.5. The molecule has 0 radical (unpaired) electrons. The molecule has 0 aliphatic carbocycles. The quantitative estimate of drug-likeness (QED) is 0.786. The van der Waals surface area contributed by atoms with E-state index in [2.05, 4.69) is 15.3 Å². The summed E-state index contributed by atoms with van der Waals surface area (Å²) >= 11 is 5.68. The van der Waals surface area contributed by atoms with Crippen molar-refractivity contribution in [2.75, 3.05) is 5.32 Å². The summed E-state index contributed by atoms with van der Waals surface area (Å²) in [6.07, 6.45) is 2.68. The summed E-state index contributed by atoms with van der Waals surface area (Å²) in [5.74, 6) is -0.543. The van der Waals surface area contributed by atoms with Crippen LogP contribution in [0.5, 0.6) is 0 Å². The molecule has 0 aliphatic heterocycles. The number of halogens is 1. The van der Waals surface area contributed by atoms with Crippen molar-refractivity contribution in [3.05, 3.63) is 63.9 Å². The second-order valence-electron chi connectivity index (χ2n) is 4.15. The first kappa shape index (κ1) is 13.3. The molecule has 0 unspecified atom stereocenters. The van der Waals surface area contributed by atoms with Gasteiger partial charge < -0.3 is 9.73 Å². The van der Waals surface area contributed by atoms with Crippen molar-refractivity contribution in [3.8, 4) is 0 Å². The van der Waals surface area contributed by atoms with Crippen molar-refractivity contribution in [2.45, 2.75) is 0 Å². The Kier molecular flexibility index (Phi) is 3.37. The predicted octanol–water partition coefficient (Wildman–Crippen LogP) is 2.49. The molecule has 0 fully saturated rings. The number of hydrogen-bond acceptors (Lipinski definition) is 5. The van der Waals surface area contributed by atoms with Crippen molar-refractivity contribution in [1.82, 2.24) is 9.97 Å². The zero-order chi connectivity index (χ0) is 14.8. The molecule has 0 spiro atoms. The lowest BCUT2D eigenvalue weighted by Gasteiger charge is -2.04. The van der Waals surface area contributed by atoms with E-state index in [0.717, 1.165) is 6.07 Å². The molecular weight excluding hydrogens is 294 g/mol. The van der Waals surface area contributed by atoms with Crippen LogP contribution in [0.2, 0.25) is 5.15 Å². The number of anilines is 1. The highest BCUT2D eigenvalue weighted by atomic mass is 35.5. The number of para-hydroxylation sites is 1. The highest BCUT2D eigenvalue weighted by Gasteiger charge is 2.13. The number of aromatic nitrogens is 2. The van der Waals surface area contributed by atoms with Crippen LogP contribution < -0.4 is 10.7 Å². The van der Waals surface area contributed by atoms with Crippen LogP contribution in [0.15, 0.2) is 51.9 Å². The van der Waals surface area contributed by atoms with Gasteiger partial charge in [0.25, 0.3) is 5.91 Å². The number of fused-ring (bicyclic) bond motifs is 1. The molecule has 7 heteroatoms. The van der Waals surface area contributed by atoms with E-state index in [-0.39, 0.29) is 22.2 Å². The molecule has 0 bridgehead atoms. The molecule has 0 atom stereocenters. The third-order valence-electron chi connectivity index (χ3n) is 2.71. The smallest absolute Gasteiger partial charge is 0.292 e. The Bertz CT molecular complexity index is 892. The topological polar surface area (TPSA) is 85.1 Å². The molecule has 1 aromatic carbocycles. The number of hydrogen-bond donors (Lipinski definition) is 1. The van der Waals surface area contributed by atoms with Gasteiger partial charge in [0.1, 0.15) is 10.7 Å². The van der Waals surface area contributed by atoms with Gasteiger partial charge in [-0.3, -0.25) is 14.6 Å². The van der Waals surface area contributed by atoms with Crippen LogP contribution in [0.3, 0.4) is 0 Å². The Morgan fingerprint density at radius 2 is 2.05 bits per heavy atom. The van der Waals surface area contributed by atoms with E-state index in [1.54, 1.807) is 24.3 Å². The highest BCUT2D eigenvalue weighted by Crippen LogP contribution is 2.13. The molecular formula is C14H8ClN3O3. The first-order chi connectivity index (χ1) is 10.1. The van der Waals surface area contributed by atoms with Crippen LogP contribution in [-0.4, -0.2) is 15.9 Å². The van der Waals surface area contributed by atoms with E-state index in [9.17, 15) is 9.59 Å². The fraction of sp³-hybridized carbons (Fsp3) is 0. The van der Waals surface area contributed by atoms with E-state index in [1.165, 1.54) is 12.4 Å². The van der Waals surface area contributed by atoms with Crippen LogP contribution >= 0.6 is 11.6 Å². The maximum absolute atomic E-state index is 12.1. The number of amides is 1.